The van der Waals surface area contributed by atoms with Gasteiger partial charge in [-0.3, -0.25) is 4.79 Å². The van der Waals surface area contributed by atoms with E-state index < -0.39 is 0 Å². The van der Waals surface area contributed by atoms with Crippen molar-refractivity contribution in [2.24, 2.45) is 0 Å². The third-order valence-electron chi connectivity index (χ3n) is 5.31. The van der Waals surface area contributed by atoms with E-state index in [0.717, 1.165) is 48.5 Å². The first-order valence-corrected chi connectivity index (χ1v) is 10.3. The quantitative estimate of drug-likeness (QED) is 0.599. The van der Waals surface area contributed by atoms with Gasteiger partial charge < -0.3 is 20.5 Å². The Labute approximate surface area is 170 Å². The summed E-state index contributed by atoms with van der Waals surface area (Å²) in [5.41, 5.74) is 3.15. The average Bonchev–Trinajstić information content (AvgIpc) is 3.21. The number of aromatic nitrogens is 3. The smallest absolute Gasteiger partial charge is 0.239 e. The number of rotatable bonds is 6. The number of nitrogens with one attached hydrogen (secondary N) is 3. The fourth-order valence-electron chi connectivity index (χ4n) is 4.01. The van der Waals surface area contributed by atoms with Crippen LogP contribution < -0.4 is 15.5 Å². The van der Waals surface area contributed by atoms with Crippen LogP contribution >= 0.6 is 0 Å². The molecule has 1 atom stereocenters. The standard InChI is InChI=1S/C22H28N6O/c1-15(2)27-20(29)12-24-18-7-3-5-16(11-18)17-6-4-10-28(13-17)22-19-8-9-23-21(19)25-14-26-22/h3,5,7-9,11,14-15,17,24H,4,6,10,12-13H2,1-2H3,(H,27,29)(H,23,25,26). The number of H-pyrrole nitrogens is 1. The molecule has 3 N–H and O–H groups in total. The van der Waals surface area contributed by atoms with Crippen LogP contribution in [0.2, 0.25) is 0 Å². The SMILES string of the molecule is CC(C)NC(=O)CNc1cccc(C2CCCN(c3ncnc4[nH]ccc34)C2)c1. The van der Waals surface area contributed by atoms with E-state index in [0.29, 0.717) is 5.92 Å². The second-order valence-corrected chi connectivity index (χ2v) is 7.92. The predicted molar refractivity (Wildman–Crippen MR) is 116 cm³/mol. The molecule has 0 radical (unpaired) electrons. The maximum absolute atomic E-state index is 11.9. The summed E-state index contributed by atoms with van der Waals surface area (Å²) in [5.74, 6) is 1.44. The number of nitrogens with zero attached hydrogens (tertiary/aromatic N) is 3. The van der Waals surface area contributed by atoms with Crippen molar-refractivity contribution in [1.82, 2.24) is 20.3 Å². The largest absolute Gasteiger partial charge is 0.376 e. The molecule has 1 amide bonds. The van der Waals surface area contributed by atoms with E-state index in [1.807, 2.05) is 32.2 Å². The summed E-state index contributed by atoms with van der Waals surface area (Å²) >= 11 is 0. The summed E-state index contributed by atoms with van der Waals surface area (Å²) in [5, 5.41) is 7.22. The number of piperidine rings is 1. The van der Waals surface area contributed by atoms with Gasteiger partial charge in [-0.1, -0.05) is 12.1 Å². The van der Waals surface area contributed by atoms with Crippen LogP contribution in [-0.4, -0.2) is 46.5 Å². The number of hydrogen-bond donors (Lipinski definition) is 3. The van der Waals surface area contributed by atoms with Crippen LogP contribution in [-0.2, 0) is 4.79 Å². The number of aromatic amines is 1. The van der Waals surface area contributed by atoms with E-state index in [9.17, 15) is 4.79 Å². The Kier molecular flexibility index (Phi) is 5.64. The van der Waals surface area contributed by atoms with Crippen LogP contribution in [0.15, 0.2) is 42.9 Å². The van der Waals surface area contributed by atoms with Crippen molar-refractivity contribution in [2.45, 2.75) is 38.6 Å². The number of carbonyl (C=O) groups is 1. The molecule has 152 valence electrons. The third kappa shape index (κ3) is 4.50. The lowest BCUT2D eigenvalue weighted by molar-refractivity contribution is -0.119. The van der Waals surface area contributed by atoms with Crippen LogP contribution in [0.1, 0.15) is 38.2 Å². The first kappa shape index (κ1) is 19.2. The fraction of sp³-hybridized carbons (Fsp3) is 0.409. The van der Waals surface area contributed by atoms with Gasteiger partial charge >= 0.3 is 0 Å². The highest BCUT2D eigenvalue weighted by molar-refractivity contribution is 5.87. The molecule has 0 bridgehead atoms. The molecule has 1 fully saturated rings. The van der Waals surface area contributed by atoms with Crippen molar-refractivity contribution in [2.75, 3.05) is 29.9 Å². The molecule has 1 aromatic carbocycles. The van der Waals surface area contributed by atoms with Gasteiger partial charge in [-0.2, -0.15) is 0 Å². The monoisotopic (exact) mass is 392 g/mol. The van der Waals surface area contributed by atoms with Gasteiger partial charge in [0, 0.05) is 36.9 Å². The minimum Gasteiger partial charge on any atom is -0.376 e. The fourth-order valence-corrected chi connectivity index (χ4v) is 4.01. The molecule has 0 saturated carbocycles. The average molecular weight is 393 g/mol. The molecule has 7 heteroatoms. The van der Waals surface area contributed by atoms with Gasteiger partial charge in [0.1, 0.15) is 17.8 Å². The normalized spacial score (nSPS) is 16.9. The van der Waals surface area contributed by atoms with E-state index in [1.54, 1.807) is 6.33 Å². The lowest BCUT2D eigenvalue weighted by Gasteiger charge is -2.34. The maximum Gasteiger partial charge on any atom is 0.239 e. The van der Waals surface area contributed by atoms with E-state index in [2.05, 4.69) is 48.7 Å². The van der Waals surface area contributed by atoms with Gasteiger partial charge in [-0.05, 0) is 50.5 Å². The zero-order valence-electron chi connectivity index (χ0n) is 17.0. The van der Waals surface area contributed by atoms with Crippen LogP contribution in [0.5, 0.6) is 0 Å². The minimum atomic E-state index is 0.00789. The number of hydrogen-bond acceptors (Lipinski definition) is 5. The molecule has 4 rings (SSSR count). The van der Waals surface area contributed by atoms with Gasteiger partial charge in [0.15, 0.2) is 0 Å². The number of carbonyl (C=O) groups excluding carboxylic acids is 1. The van der Waals surface area contributed by atoms with E-state index in [4.69, 9.17) is 0 Å². The summed E-state index contributed by atoms with van der Waals surface area (Å²) in [4.78, 5) is 26.3. The first-order valence-electron chi connectivity index (χ1n) is 10.3. The van der Waals surface area contributed by atoms with Gasteiger partial charge in [0.25, 0.3) is 0 Å². The number of amides is 1. The minimum absolute atomic E-state index is 0.00789. The lowest BCUT2D eigenvalue weighted by atomic mass is 9.90. The van der Waals surface area contributed by atoms with Crippen molar-refractivity contribution in [1.29, 1.82) is 0 Å². The van der Waals surface area contributed by atoms with E-state index >= 15 is 0 Å². The Morgan fingerprint density at radius 1 is 1.31 bits per heavy atom. The topological polar surface area (TPSA) is 85.9 Å². The molecular weight excluding hydrogens is 364 g/mol. The van der Waals surface area contributed by atoms with Crippen molar-refractivity contribution < 1.29 is 4.79 Å². The van der Waals surface area contributed by atoms with Crippen molar-refractivity contribution in [3.63, 3.8) is 0 Å². The van der Waals surface area contributed by atoms with Crippen LogP contribution in [0.3, 0.4) is 0 Å². The Morgan fingerprint density at radius 3 is 3.07 bits per heavy atom. The summed E-state index contributed by atoms with van der Waals surface area (Å²) in [6.07, 6.45) is 5.81. The van der Waals surface area contributed by atoms with Crippen LogP contribution in [0.4, 0.5) is 11.5 Å². The molecule has 0 spiro atoms. The summed E-state index contributed by atoms with van der Waals surface area (Å²) in [6, 6.07) is 10.6. The molecular formula is C22H28N6O. The molecule has 3 aromatic rings. The van der Waals surface area contributed by atoms with Crippen LogP contribution in [0, 0.1) is 0 Å². The predicted octanol–water partition coefficient (Wildman–Crippen LogP) is 3.28. The second-order valence-electron chi connectivity index (χ2n) is 7.92. The Balaban J connectivity index is 1.46. The van der Waals surface area contributed by atoms with Crippen molar-refractivity contribution >= 4 is 28.4 Å². The highest BCUT2D eigenvalue weighted by Gasteiger charge is 2.24. The third-order valence-corrected chi connectivity index (χ3v) is 5.31. The number of benzene rings is 1. The lowest BCUT2D eigenvalue weighted by Crippen LogP contribution is -2.35. The second kappa shape index (κ2) is 8.51. The zero-order valence-corrected chi connectivity index (χ0v) is 17.0. The van der Waals surface area contributed by atoms with Gasteiger partial charge in [-0.25, -0.2) is 9.97 Å². The maximum atomic E-state index is 11.9. The first-order chi connectivity index (χ1) is 14.1. The number of fused-ring (bicyclic) bond motifs is 1. The Hall–Kier alpha value is -3.09. The molecule has 1 unspecified atom stereocenters. The Bertz CT molecular complexity index is 982. The van der Waals surface area contributed by atoms with E-state index in [1.165, 1.54) is 5.56 Å². The molecule has 3 heterocycles. The van der Waals surface area contributed by atoms with Crippen molar-refractivity contribution in [3.8, 4) is 0 Å². The van der Waals surface area contributed by atoms with Crippen molar-refractivity contribution in [3.05, 3.63) is 48.4 Å². The highest BCUT2D eigenvalue weighted by Crippen LogP contribution is 2.32. The summed E-state index contributed by atoms with van der Waals surface area (Å²) in [7, 11) is 0. The number of anilines is 2. The zero-order chi connectivity index (χ0) is 20.2. The molecule has 1 saturated heterocycles. The highest BCUT2D eigenvalue weighted by atomic mass is 16.1. The summed E-state index contributed by atoms with van der Waals surface area (Å²) in [6.45, 7) is 6.14. The molecule has 1 aliphatic heterocycles. The molecule has 0 aliphatic carbocycles. The molecule has 1 aliphatic rings. The molecule has 2 aromatic heterocycles. The molecule has 7 nitrogen and oxygen atoms in total. The Morgan fingerprint density at radius 2 is 2.21 bits per heavy atom. The van der Waals surface area contributed by atoms with Crippen LogP contribution in [0.25, 0.3) is 11.0 Å². The summed E-state index contributed by atoms with van der Waals surface area (Å²) < 4.78 is 0. The van der Waals surface area contributed by atoms with Gasteiger partial charge in [-0.15, -0.1) is 0 Å². The van der Waals surface area contributed by atoms with Gasteiger partial charge in [0.2, 0.25) is 5.91 Å². The van der Waals surface area contributed by atoms with Gasteiger partial charge in [0.05, 0.1) is 11.9 Å². The van der Waals surface area contributed by atoms with E-state index in [-0.39, 0.29) is 18.5 Å². The molecule has 29 heavy (non-hydrogen) atoms.